The molecule has 0 rings (SSSR count). The third-order valence-electron chi connectivity index (χ3n) is 0.330. The lowest BCUT2D eigenvalue weighted by Crippen LogP contribution is -2.14. The van der Waals surface area contributed by atoms with Gasteiger partial charge in [0.1, 0.15) is 6.54 Å². The van der Waals surface area contributed by atoms with Crippen molar-refractivity contribution >= 4 is 27.7 Å². The molecule has 0 aromatic carbocycles. The normalized spacial score (nSPS) is 9.12. The first kappa shape index (κ1) is 8.13. The smallest absolute Gasteiger partial charge is 0.318 e. The SMILES string of the molecule is [CH]SSNCC(=O)O. The number of hydrogen-bond donors (Lipinski definition) is 2. The van der Waals surface area contributed by atoms with Gasteiger partial charge in [0, 0.05) is 6.26 Å². The molecule has 0 saturated heterocycles. The van der Waals surface area contributed by atoms with E-state index in [4.69, 9.17) is 11.4 Å². The third-order valence-corrected chi connectivity index (χ3v) is 1.33. The maximum absolute atomic E-state index is 9.75. The summed E-state index contributed by atoms with van der Waals surface area (Å²) in [5.41, 5.74) is 0. The molecular formula is C3H5NO2S2. The molecule has 0 aromatic rings. The molecule has 0 aliphatic carbocycles. The number of carboxylic acids is 1. The summed E-state index contributed by atoms with van der Waals surface area (Å²) in [5, 5.41) is 8.01. The van der Waals surface area contributed by atoms with Crippen LogP contribution < -0.4 is 4.72 Å². The van der Waals surface area contributed by atoms with Crippen LogP contribution in [0.2, 0.25) is 0 Å². The van der Waals surface area contributed by atoms with Gasteiger partial charge >= 0.3 is 5.97 Å². The Labute approximate surface area is 55.8 Å². The molecule has 0 bridgehead atoms. The van der Waals surface area contributed by atoms with E-state index in [1.165, 1.54) is 0 Å². The highest BCUT2D eigenvalue weighted by molar-refractivity contribution is 8.76. The van der Waals surface area contributed by atoms with Crippen LogP contribution in [0.1, 0.15) is 0 Å². The number of aliphatic carboxylic acids is 1. The second-order valence-electron chi connectivity index (χ2n) is 0.894. The van der Waals surface area contributed by atoms with Crippen molar-refractivity contribution in [3.8, 4) is 0 Å². The molecule has 0 heterocycles. The Kier molecular flexibility index (Phi) is 5.36. The Balaban J connectivity index is 2.82. The number of rotatable bonds is 4. The molecule has 0 amide bonds. The number of hydrogen-bond acceptors (Lipinski definition) is 4. The molecule has 2 radical (unpaired) electrons. The monoisotopic (exact) mass is 151 g/mol. The molecule has 0 aromatic heterocycles. The third kappa shape index (κ3) is 6.13. The van der Waals surface area contributed by atoms with E-state index in [1.807, 2.05) is 0 Å². The predicted molar refractivity (Wildman–Crippen MR) is 35.1 cm³/mol. The molecular weight excluding hydrogens is 146 g/mol. The summed E-state index contributed by atoms with van der Waals surface area (Å²) in [7, 11) is 2.09. The quantitative estimate of drug-likeness (QED) is 0.350. The van der Waals surface area contributed by atoms with Gasteiger partial charge in [0.15, 0.2) is 0 Å². The lowest BCUT2D eigenvalue weighted by atomic mass is 10.7. The van der Waals surface area contributed by atoms with Crippen molar-refractivity contribution in [2.45, 2.75) is 0 Å². The highest BCUT2D eigenvalue weighted by atomic mass is 33.1. The Hall–Kier alpha value is 0.130. The maximum atomic E-state index is 9.75. The van der Waals surface area contributed by atoms with Crippen LogP contribution in [-0.2, 0) is 4.79 Å². The fourth-order valence-corrected chi connectivity index (χ4v) is 0.757. The first-order valence-corrected chi connectivity index (χ1v) is 3.95. The molecule has 0 unspecified atom stereocenters. The summed E-state index contributed by atoms with van der Waals surface area (Å²) in [4.78, 5) is 9.75. The summed E-state index contributed by atoms with van der Waals surface area (Å²) in [6.07, 6.45) is 4.94. The van der Waals surface area contributed by atoms with Crippen LogP contribution in [0.3, 0.4) is 0 Å². The molecule has 0 spiro atoms. The standard InChI is InChI=1S/C3H5NO2S2/c1-7-8-4-2-3(5)6/h1,4H,2H2,(H,5,6). The average molecular weight is 151 g/mol. The maximum Gasteiger partial charge on any atom is 0.318 e. The second-order valence-corrected chi connectivity index (χ2v) is 2.62. The summed E-state index contributed by atoms with van der Waals surface area (Å²) >= 11 is 0. The Morgan fingerprint density at radius 2 is 2.50 bits per heavy atom. The van der Waals surface area contributed by atoms with Crippen LogP contribution in [0, 0.1) is 6.26 Å². The zero-order valence-electron chi connectivity index (χ0n) is 3.96. The minimum Gasteiger partial charge on any atom is -0.480 e. The Morgan fingerprint density at radius 3 is 2.88 bits per heavy atom. The van der Waals surface area contributed by atoms with Gasteiger partial charge in [-0.25, -0.2) is 4.72 Å². The van der Waals surface area contributed by atoms with Crippen molar-refractivity contribution in [2.24, 2.45) is 0 Å². The van der Waals surface area contributed by atoms with E-state index in [-0.39, 0.29) is 6.54 Å². The van der Waals surface area contributed by atoms with Crippen LogP contribution in [0.15, 0.2) is 0 Å². The highest BCUT2D eigenvalue weighted by Crippen LogP contribution is 2.12. The molecule has 0 aliphatic heterocycles. The molecule has 8 heavy (non-hydrogen) atoms. The zero-order valence-corrected chi connectivity index (χ0v) is 5.59. The van der Waals surface area contributed by atoms with Gasteiger partial charge in [0.05, 0.1) is 0 Å². The van der Waals surface area contributed by atoms with Crippen molar-refractivity contribution in [1.29, 1.82) is 0 Å². The highest BCUT2D eigenvalue weighted by Gasteiger charge is 1.91. The molecule has 0 fully saturated rings. The molecule has 0 saturated carbocycles. The van der Waals surface area contributed by atoms with Gasteiger partial charge in [-0.15, -0.1) is 0 Å². The van der Waals surface area contributed by atoms with E-state index in [2.05, 4.69) is 4.72 Å². The van der Waals surface area contributed by atoms with Crippen molar-refractivity contribution in [3.05, 3.63) is 6.26 Å². The molecule has 0 aliphatic rings. The van der Waals surface area contributed by atoms with Crippen LogP contribution >= 0.6 is 21.8 Å². The Bertz CT molecular complexity index is 77.7. The molecule has 2 N–H and O–H groups in total. The van der Waals surface area contributed by atoms with Gasteiger partial charge in [-0.1, -0.05) is 10.8 Å². The first-order chi connectivity index (χ1) is 3.77. The molecule has 3 nitrogen and oxygen atoms in total. The van der Waals surface area contributed by atoms with E-state index in [1.54, 1.807) is 0 Å². The van der Waals surface area contributed by atoms with Gasteiger partial charge < -0.3 is 5.11 Å². The first-order valence-electron chi connectivity index (χ1n) is 1.74. The fraction of sp³-hybridized carbons (Fsp3) is 0.333. The van der Waals surface area contributed by atoms with Gasteiger partial charge in [-0.2, -0.15) is 0 Å². The van der Waals surface area contributed by atoms with Crippen molar-refractivity contribution in [1.82, 2.24) is 4.72 Å². The largest absolute Gasteiger partial charge is 0.480 e. The van der Waals surface area contributed by atoms with Gasteiger partial charge in [-0.3, -0.25) is 4.79 Å². The van der Waals surface area contributed by atoms with E-state index in [9.17, 15) is 4.79 Å². The van der Waals surface area contributed by atoms with Crippen LogP contribution in [0.25, 0.3) is 0 Å². The van der Waals surface area contributed by atoms with Crippen molar-refractivity contribution < 1.29 is 9.90 Å². The number of nitrogens with one attached hydrogen (secondary N) is 1. The van der Waals surface area contributed by atoms with Crippen LogP contribution in [0.4, 0.5) is 0 Å². The summed E-state index contributed by atoms with van der Waals surface area (Å²) in [6.45, 7) is -0.0606. The Morgan fingerprint density at radius 1 is 1.88 bits per heavy atom. The summed E-state index contributed by atoms with van der Waals surface area (Å²) in [5.74, 6) is -0.883. The van der Waals surface area contributed by atoms with E-state index in [0.29, 0.717) is 0 Å². The lowest BCUT2D eigenvalue weighted by Gasteiger charge is -1.92. The molecule has 5 heteroatoms. The topological polar surface area (TPSA) is 49.3 Å². The van der Waals surface area contributed by atoms with Crippen LogP contribution in [-0.4, -0.2) is 17.6 Å². The van der Waals surface area contributed by atoms with Gasteiger partial charge in [-0.05, 0) is 11.0 Å². The number of carboxylic acid groups (broad SMARTS) is 1. The van der Waals surface area contributed by atoms with Crippen molar-refractivity contribution in [3.63, 3.8) is 0 Å². The van der Waals surface area contributed by atoms with E-state index in [0.717, 1.165) is 21.8 Å². The molecule has 0 atom stereocenters. The summed E-state index contributed by atoms with van der Waals surface area (Å²) in [6, 6.07) is 0. The van der Waals surface area contributed by atoms with Gasteiger partial charge in [0.2, 0.25) is 0 Å². The lowest BCUT2D eigenvalue weighted by molar-refractivity contribution is -0.135. The summed E-state index contributed by atoms with van der Waals surface area (Å²) < 4.78 is 2.49. The van der Waals surface area contributed by atoms with E-state index >= 15 is 0 Å². The zero-order chi connectivity index (χ0) is 6.41. The minimum absolute atomic E-state index is 0.0606. The van der Waals surface area contributed by atoms with Crippen molar-refractivity contribution in [2.75, 3.05) is 6.54 Å². The average Bonchev–Trinajstić information content (AvgIpc) is 1.66. The van der Waals surface area contributed by atoms with E-state index < -0.39 is 5.97 Å². The fourth-order valence-electron chi connectivity index (χ4n) is 0.125. The minimum atomic E-state index is -0.883. The molecule has 46 valence electrons. The predicted octanol–water partition coefficient (Wildman–Crippen LogP) is 0.626. The number of carbonyl (C=O) groups is 1. The van der Waals surface area contributed by atoms with Crippen LogP contribution in [0.5, 0.6) is 0 Å². The second kappa shape index (κ2) is 5.27. The van der Waals surface area contributed by atoms with Gasteiger partial charge in [0.25, 0.3) is 0 Å².